The van der Waals surface area contributed by atoms with Crippen molar-refractivity contribution in [1.29, 1.82) is 5.26 Å². The summed E-state index contributed by atoms with van der Waals surface area (Å²) in [6.45, 7) is -1.12. The third-order valence-electron chi connectivity index (χ3n) is 4.05. The summed E-state index contributed by atoms with van der Waals surface area (Å²) < 4.78 is 4.86. The van der Waals surface area contributed by atoms with E-state index in [9.17, 15) is 19.2 Å². The van der Waals surface area contributed by atoms with Gasteiger partial charge in [0, 0.05) is 5.69 Å². The molecule has 0 radical (unpaired) electrons. The highest BCUT2D eigenvalue weighted by atomic mass is 16.5. The molecule has 0 saturated carbocycles. The number of nitriles is 1. The molecule has 0 atom stereocenters. The molecule has 1 N–H and O–H groups in total. The van der Waals surface area contributed by atoms with Crippen LogP contribution in [0.1, 0.15) is 26.3 Å². The molecule has 0 bridgehead atoms. The second kappa shape index (κ2) is 8.14. The molecule has 3 amide bonds. The lowest BCUT2D eigenvalue weighted by atomic mass is 10.1. The van der Waals surface area contributed by atoms with Crippen molar-refractivity contribution in [2.45, 2.75) is 6.42 Å². The highest BCUT2D eigenvalue weighted by molar-refractivity contribution is 6.22. The summed E-state index contributed by atoms with van der Waals surface area (Å²) in [5, 5.41) is 11.2. The zero-order valence-corrected chi connectivity index (χ0v) is 14.7. The summed E-state index contributed by atoms with van der Waals surface area (Å²) in [7, 11) is 0. The van der Waals surface area contributed by atoms with Gasteiger partial charge >= 0.3 is 5.97 Å². The van der Waals surface area contributed by atoms with E-state index in [0.717, 1.165) is 10.5 Å². The minimum atomic E-state index is -0.867. The Balaban J connectivity index is 1.49. The Kier molecular flexibility index (Phi) is 5.46. The predicted octanol–water partition coefficient (Wildman–Crippen LogP) is 1.53. The SMILES string of the molecule is N#CCc1ccc(NC(=O)COC(=O)CN2C(=O)c3ccccc3C2=O)cc1. The van der Waals surface area contributed by atoms with E-state index in [1.165, 1.54) is 12.1 Å². The van der Waals surface area contributed by atoms with Crippen LogP contribution in [0.5, 0.6) is 0 Å². The van der Waals surface area contributed by atoms with Crippen molar-refractivity contribution in [3.05, 3.63) is 65.2 Å². The van der Waals surface area contributed by atoms with Crippen molar-refractivity contribution in [1.82, 2.24) is 4.90 Å². The summed E-state index contributed by atoms with van der Waals surface area (Å²) in [4.78, 5) is 49.0. The molecule has 0 spiro atoms. The van der Waals surface area contributed by atoms with Crippen LogP contribution in [0.25, 0.3) is 0 Å². The largest absolute Gasteiger partial charge is 0.454 e. The number of hydrogen-bond acceptors (Lipinski definition) is 6. The third-order valence-corrected chi connectivity index (χ3v) is 4.05. The highest BCUT2D eigenvalue weighted by Crippen LogP contribution is 2.22. The van der Waals surface area contributed by atoms with Crippen LogP contribution in [-0.4, -0.2) is 41.7 Å². The van der Waals surface area contributed by atoms with Crippen LogP contribution in [0.15, 0.2) is 48.5 Å². The van der Waals surface area contributed by atoms with E-state index in [1.807, 2.05) is 6.07 Å². The highest BCUT2D eigenvalue weighted by Gasteiger charge is 2.36. The lowest BCUT2D eigenvalue weighted by Crippen LogP contribution is -2.36. The first kappa shape index (κ1) is 18.8. The van der Waals surface area contributed by atoms with E-state index in [-0.39, 0.29) is 17.5 Å². The van der Waals surface area contributed by atoms with Gasteiger partial charge in [0.05, 0.1) is 23.6 Å². The van der Waals surface area contributed by atoms with Crippen LogP contribution in [0.2, 0.25) is 0 Å². The normalized spacial score (nSPS) is 12.3. The molecule has 8 heteroatoms. The molecular formula is C20H15N3O5. The van der Waals surface area contributed by atoms with Gasteiger partial charge in [-0.25, -0.2) is 0 Å². The fourth-order valence-electron chi connectivity index (χ4n) is 2.70. The molecule has 140 valence electrons. The molecule has 0 unspecified atom stereocenters. The predicted molar refractivity (Wildman–Crippen MR) is 97.2 cm³/mol. The Morgan fingerprint density at radius 1 is 1.00 bits per heavy atom. The minimum Gasteiger partial charge on any atom is -0.454 e. The van der Waals surface area contributed by atoms with Crippen molar-refractivity contribution in [3.63, 3.8) is 0 Å². The third kappa shape index (κ3) is 4.04. The number of hydrogen-bond donors (Lipinski definition) is 1. The molecule has 2 aromatic rings. The molecule has 0 aliphatic carbocycles. The monoisotopic (exact) mass is 377 g/mol. The van der Waals surface area contributed by atoms with E-state index in [1.54, 1.807) is 36.4 Å². The van der Waals surface area contributed by atoms with E-state index in [4.69, 9.17) is 10.00 Å². The van der Waals surface area contributed by atoms with Crippen LogP contribution in [0.3, 0.4) is 0 Å². The maximum atomic E-state index is 12.2. The van der Waals surface area contributed by atoms with Crippen molar-refractivity contribution >= 4 is 29.4 Å². The van der Waals surface area contributed by atoms with Crippen LogP contribution in [0, 0.1) is 11.3 Å². The zero-order valence-electron chi connectivity index (χ0n) is 14.7. The summed E-state index contributed by atoms with van der Waals surface area (Å²) in [5.41, 5.74) is 1.77. The molecule has 1 heterocycles. The molecule has 8 nitrogen and oxygen atoms in total. The number of benzene rings is 2. The number of fused-ring (bicyclic) bond motifs is 1. The van der Waals surface area contributed by atoms with Crippen molar-refractivity contribution in [2.75, 3.05) is 18.5 Å². The lowest BCUT2D eigenvalue weighted by Gasteiger charge is -2.13. The van der Waals surface area contributed by atoms with Gasteiger partial charge < -0.3 is 10.1 Å². The van der Waals surface area contributed by atoms with Gasteiger partial charge in [-0.05, 0) is 29.8 Å². The van der Waals surface area contributed by atoms with Gasteiger partial charge in [0.15, 0.2) is 6.61 Å². The van der Waals surface area contributed by atoms with Gasteiger partial charge in [0.1, 0.15) is 6.54 Å². The standard InChI is InChI=1S/C20H15N3O5/c21-10-9-13-5-7-14(8-6-13)22-17(24)12-28-18(25)11-23-19(26)15-3-1-2-4-16(15)20(23)27/h1-8H,9,11-12H2,(H,22,24). The maximum absolute atomic E-state index is 12.2. The number of ether oxygens (including phenoxy) is 1. The number of carbonyl (C=O) groups excluding carboxylic acids is 4. The number of nitrogens with zero attached hydrogens (tertiary/aromatic N) is 2. The van der Waals surface area contributed by atoms with Crippen LogP contribution in [0.4, 0.5) is 5.69 Å². The van der Waals surface area contributed by atoms with E-state index in [2.05, 4.69) is 5.32 Å². The lowest BCUT2D eigenvalue weighted by molar-refractivity contribution is -0.147. The molecule has 0 aromatic heterocycles. The maximum Gasteiger partial charge on any atom is 0.326 e. The summed E-state index contributed by atoms with van der Waals surface area (Å²) in [5.74, 6) is -2.57. The number of rotatable bonds is 6. The summed E-state index contributed by atoms with van der Waals surface area (Å²) >= 11 is 0. The number of amides is 3. The molecule has 1 aliphatic rings. The zero-order chi connectivity index (χ0) is 20.1. The molecule has 0 saturated heterocycles. The Bertz CT molecular complexity index is 957. The fourth-order valence-corrected chi connectivity index (χ4v) is 2.70. The number of anilines is 1. The number of nitrogens with one attached hydrogen (secondary N) is 1. The van der Waals surface area contributed by atoms with E-state index < -0.39 is 36.8 Å². The van der Waals surface area contributed by atoms with Crippen molar-refractivity contribution < 1.29 is 23.9 Å². The number of esters is 1. The van der Waals surface area contributed by atoms with Gasteiger partial charge in [-0.3, -0.25) is 24.1 Å². The van der Waals surface area contributed by atoms with Crippen molar-refractivity contribution in [2.24, 2.45) is 0 Å². The average Bonchev–Trinajstić information content (AvgIpc) is 2.93. The van der Waals surface area contributed by atoms with E-state index in [0.29, 0.717) is 5.69 Å². The van der Waals surface area contributed by atoms with Gasteiger partial charge in [-0.15, -0.1) is 0 Å². The second-order valence-electron chi connectivity index (χ2n) is 5.98. The molecule has 2 aromatic carbocycles. The smallest absolute Gasteiger partial charge is 0.326 e. The summed E-state index contributed by atoms with van der Waals surface area (Å²) in [6.07, 6.45) is 0.268. The Labute approximate surface area is 160 Å². The molecule has 0 fully saturated rings. The van der Waals surface area contributed by atoms with Gasteiger partial charge in [0.2, 0.25) is 0 Å². The van der Waals surface area contributed by atoms with E-state index >= 15 is 0 Å². The minimum absolute atomic E-state index is 0.234. The quantitative estimate of drug-likeness (QED) is 0.603. The summed E-state index contributed by atoms with van der Waals surface area (Å²) in [6, 6.07) is 15.0. The van der Waals surface area contributed by atoms with Crippen molar-refractivity contribution in [3.8, 4) is 6.07 Å². The molecule has 3 rings (SSSR count). The Morgan fingerprint density at radius 3 is 2.18 bits per heavy atom. The number of imide groups is 1. The molecule has 1 aliphatic heterocycles. The van der Waals surface area contributed by atoms with Gasteiger partial charge in [-0.2, -0.15) is 5.26 Å². The Hall–Kier alpha value is -3.99. The second-order valence-corrected chi connectivity index (χ2v) is 5.98. The Morgan fingerprint density at radius 2 is 1.61 bits per heavy atom. The fraction of sp³-hybridized carbons (Fsp3) is 0.150. The van der Waals surface area contributed by atoms with Crippen LogP contribution >= 0.6 is 0 Å². The average molecular weight is 377 g/mol. The topological polar surface area (TPSA) is 117 Å². The van der Waals surface area contributed by atoms with Gasteiger partial charge in [0.25, 0.3) is 17.7 Å². The molecule has 28 heavy (non-hydrogen) atoms. The van der Waals surface area contributed by atoms with Gasteiger partial charge in [-0.1, -0.05) is 24.3 Å². The first-order valence-electron chi connectivity index (χ1n) is 8.36. The molecular weight excluding hydrogens is 362 g/mol. The first-order valence-corrected chi connectivity index (χ1v) is 8.36. The number of carbonyl (C=O) groups is 4. The van der Waals surface area contributed by atoms with Crippen LogP contribution < -0.4 is 5.32 Å². The van der Waals surface area contributed by atoms with Crippen LogP contribution in [-0.2, 0) is 20.7 Å². The first-order chi connectivity index (χ1) is 13.5.